The molecule has 0 fully saturated rings. The summed E-state index contributed by atoms with van der Waals surface area (Å²) < 4.78 is 50.9. The van der Waals surface area contributed by atoms with Gasteiger partial charge in [-0.15, -0.1) is 0 Å². The van der Waals surface area contributed by atoms with Crippen LogP contribution < -0.4 is 10.6 Å². The molecule has 1 rings (SSSR count). The van der Waals surface area contributed by atoms with Gasteiger partial charge in [0.15, 0.2) is 0 Å². The smallest absolute Gasteiger partial charge is 0.391 e. The first-order valence-corrected chi connectivity index (χ1v) is 7.21. The fraction of sp³-hybridized carbons (Fsp3) is 0.533. The topological polar surface area (TPSA) is 61.4 Å². The summed E-state index contributed by atoms with van der Waals surface area (Å²) in [7, 11) is 0. The number of alkyl halides is 3. The minimum Gasteiger partial charge on any atom is -0.396 e. The SMILES string of the molecule is CC(CCCO)NC(=O)NC(CC(F)(F)F)c1ccc(F)cc1. The Balaban J connectivity index is 2.73. The van der Waals surface area contributed by atoms with Crippen molar-refractivity contribution in [3.05, 3.63) is 35.6 Å². The number of carbonyl (C=O) groups excluding carboxylic acids is 1. The molecule has 0 aromatic heterocycles. The molecule has 0 saturated heterocycles. The Hall–Kier alpha value is -1.83. The van der Waals surface area contributed by atoms with E-state index in [9.17, 15) is 22.4 Å². The van der Waals surface area contributed by atoms with Crippen molar-refractivity contribution >= 4 is 6.03 Å². The number of hydrogen-bond acceptors (Lipinski definition) is 2. The number of aliphatic hydroxyl groups excluding tert-OH is 1. The Kier molecular flexibility index (Phi) is 7.28. The number of aliphatic hydroxyl groups is 1. The number of amides is 2. The van der Waals surface area contributed by atoms with Gasteiger partial charge in [-0.1, -0.05) is 12.1 Å². The van der Waals surface area contributed by atoms with E-state index in [1.54, 1.807) is 6.92 Å². The second-order valence-electron chi connectivity index (χ2n) is 5.31. The Morgan fingerprint density at radius 3 is 2.35 bits per heavy atom. The maximum Gasteiger partial charge on any atom is 0.391 e. The average Bonchev–Trinajstić information content (AvgIpc) is 2.43. The maximum absolute atomic E-state index is 12.9. The van der Waals surface area contributed by atoms with Crippen LogP contribution in [0.2, 0.25) is 0 Å². The van der Waals surface area contributed by atoms with Gasteiger partial charge in [-0.3, -0.25) is 0 Å². The number of hydrogen-bond donors (Lipinski definition) is 3. The molecule has 3 N–H and O–H groups in total. The summed E-state index contributed by atoms with van der Waals surface area (Å²) in [5, 5.41) is 13.5. The number of rotatable bonds is 7. The van der Waals surface area contributed by atoms with Gasteiger partial charge in [0, 0.05) is 12.6 Å². The highest BCUT2D eigenvalue weighted by molar-refractivity contribution is 5.74. The van der Waals surface area contributed by atoms with Crippen molar-refractivity contribution in [3.63, 3.8) is 0 Å². The minimum absolute atomic E-state index is 0.0279. The molecule has 2 unspecified atom stereocenters. The van der Waals surface area contributed by atoms with Crippen LogP contribution in [0, 0.1) is 5.82 Å². The summed E-state index contributed by atoms with van der Waals surface area (Å²) in [5.41, 5.74) is 0.168. The zero-order valence-electron chi connectivity index (χ0n) is 12.7. The lowest BCUT2D eigenvalue weighted by Crippen LogP contribution is -2.43. The maximum atomic E-state index is 12.9. The summed E-state index contributed by atoms with van der Waals surface area (Å²) >= 11 is 0. The molecule has 1 aromatic rings. The molecule has 0 bridgehead atoms. The Morgan fingerprint density at radius 2 is 1.83 bits per heavy atom. The predicted octanol–water partition coefficient (Wildman–Crippen LogP) is 3.28. The van der Waals surface area contributed by atoms with Crippen molar-refractivity contribution < 1.29 is 27.5 Å². The van der Waals surface area contributed by atoms with Crippen LogP contribution in [0.5, 0.6) is 0 Å². The van der Waals surface area contributed by atoms with Crippen LogP contribution in [-0.4, -0.2) is 30.0 Å². The molecule has 8 heteroatoms. The lowest BCUT2D eigenvalue weighted by Gasteiger charge is -2.22. The van der Waals surface area contributed by atoms with Gasteiger partial charge >= 0.3 is 12.2 Å². The van der Waals surface area contributed by atoms with E-state index in [2.05, 4.69) is 10.6 Å². The third kappa shape index (κ3) is 7.83. The first-order chi connectivity index (χ1) is 10.7. The molecule has 0 heterocycles. The molecule has 1 aromatic carbocycles. The monoisotopic (exact) mass is 336 g/mol. The molecule has 0 radical (unpaired) electrons. The Bertz CT molecular complexity index is 491. The summed E-state index contributed by atoms with van der Waals surface area (Å²) in [6.07, 6.45) is -4.75. The van der Waals surface area contributed by atoms with Crippen LogP contribution in [-0.2, 0) is 0 Å². The van der Waals surface area contributed by atoms with E-state index in [0.29, 0.717) is 12.8 Å². The summed E-state index contributed by atoms with van der Waals surface area (Å²) in [6.45, 7) is 1.66. The van der Waals surface area contributed by atoms with Gasteiger partial charge in [-0.2, -0.15) is 13.2 Å². The molecule has 4 nitrogen and oxygen atoms in total. The summed E-state index contributed by atoms with van der Waals surface area (Å²) in [6, 6.07) is 2.17. The van der Waals surface area contributed by atoms with E-state index in [1.165, 1.54) is 12.1 Å². The van der Waals surface area contributed by atoms with Gasteiger partial charge in [0.1, 0.15) is 5.82 Å². The molecule has 0 aliphatic heterocycles. The van der Waals surface area contributed by atoms with Gasteiger partial charge in [-0.25, -0.2) is 9.18 Å². The van der Waals surface area contributed by atoms with Crippen molar-refractivity contribution in [1.82, 2.24) is 10.6 Å². The second kappa shape index (κ2) is 8.71. The molecule has 2 atom stereocenters. The molecular weight excluding hydrogens is 316 g/mol. The third-order valence-corrected chi connectivity index (χ3v) is 3.19. The van der Waals surface area contributed by atoms with Crippen LogP contribution in [0.4, 0.5) is 22.4 Å². The molecular formula is C15H20F4N2O2. The quantitative estimate of drug-likeness (QED) is 0.669. The van der Waals surface area contributed by atoms with Gasteiger partial charge in [0.2, 0.25) is 0 Å². The average molecular weight is 336 g/mol. The lowest BCUT2D eigenvalue weighted by molar-refractivity contribution is -0.139. The highest BCUT2D eigenvalue weighted by Gasteiger charge is 2.33. The second-order valence-corrected chi connectivity index (χ2v) is 5.31. The minimum atomic E-state index is -4.48. The zero-order chi connectivity index (χ0) is 17.5. The van der Waals surface area contributed by atoms with E-state index in [0.717, 1.165) is 12.1 Å². The first kappa shape index (κ1) is 19.2. The Morgan fingerprint density at radius 1 is 1.22 bits per heavy atom. The Labute approximate surface area is 131 Å². The highest BCUT2D eigenvalue weighted by atomic mass is 19.4. The predicted molar refractivity (Wildman–Crippen MR) is 77.3 cm³/mol. The number of halogens is 4. The molecule has 130 valence electrons. The first-order valence-electron chi connectivity index (χ1n) is 7.21. The van der Waals surface area contributed by atoms with E-state index in [1.807, 2.05) is 0 Å². The van der Waals surface area contributed by atoms with Crippen molar-refractivity contribution in [2.75, 3.05) is 6.61 Å². The van der Waals surface area contributed by atoms with Gasteiger partial charge in [-0.05, 0) is 37.5 Å². The fourth-order valence-corrected chi connectivity index (χ4v) is 2.07. The van der Waals surface area contributed by atoms with Crippen LogP contribution in [0.1, 0.15) is 37.8 Å². The largest absolute Gasteiger partial charge is 0.396 e. The van der Waals surface area contributed by atoms with Gasteiger partial charge in [0.05, 0.1) is 12.5 Å². The highest BCUT2D eigenvalue weighted by Crippen LogP contribution is 2.29. The molecule has 0 spiro atoms. The van der Waals surface area contributed by atoms with Gasteiger partial charge < -0.3 is 15.7 Å². The van der Waals surface area contributed by atoms with Crippen LogP contribution in [0.3, 0.4) is 0 Å². The normalized spacial score (nSPS) is 14.2. The molecule has 23 heavy (non-hydrogen) atoms. The standard InChI is InChI=1S/C15H20F4N2O2/c1-10(3-2-8-22)20-14(23)21-13(9-15(17,18)19)11-4-6-12(16)7-5-11/h4-7,10,13,22H,2-3,8-9H2,1H3,(H2,20,21,23). The number of urea groups is 1. The summed E-state index contributed by atoms with van der Waals surface area (Å²) in [5.74, 6) is -0.568. The number of nitrogens with one attached hydrogen (secondary N) is 2. The van der Waals surface area contributed by atoms with Crippen LogP contribution in [0.15, 0.2) is 24.3 Å². The van der Waals surface area contributed by atoms with Crippen LogP contribution in [0.25, 0.3) is 0 Å². The lowest BCUT2D eigenvalue weighted by atomic mass is 10.0. The van der Waals surface area contributed by atoms with Crippen molar-refractivity contribution in [1.29, 1.82) is 0 Å². The van der Waals surface area contributed by atoms with E-state index < -0.39 is 30.5 Å². The number of carbonyl (C=O) groups is 1. The fourth-order valence-electron chi connectivity index (χ4n) is 2.07. The van der Waals surface area contributed by atoms with E-state index >= 15 is 0 Å². The third-order valence-electron chi connectivity index (χ3n) is 3.19. The number of benzene rings is 1. The molecule has 0 aliphatic carbocycles. The van der Waals surface area contributed by atoms with Gasteiger partial charge in [0.25, 0.3) is 0 Å². The van der Waals surface area contributed by atoms with Crippen LogP contribution >= 0.6 is 0 Å². The molecule has 2 amide bonds. The molecule has 0 aliphatic rings. The van der Waals surface area contributed by atoms with Crippen molar-refractivity contribution in [3.8, 4) is 0 Å². The van der Waals surface area contributed by atoms with Crippen molar-refractivity contribution in [2.24, 2.45) is 0 Å². The zero-order valence-corrected chi connectivity index (χ0v) is 12.7. The van der Waals surface area contributed by atoms with E-state index in [-0.39, 0.29) is 18.2 Å². The van der Waals surface area contributed by atoms with E-state index in [4.69, 9.17) is 5.11 Å². The van der Waals surface area contributed by atoms with Crippen molar-refractivity contribution in [2.45, 2.75) is 44.4 Å². The molecule has 0 saturated carbocycles. The summed E-state index contributed by atoms with van der Waals surface area (Å²) in [4.78, 5) is 11.8.